The van der Waals surface area contributed by atoms with E-state index < -0.39 is 0 Å². The maximum absolute atomic E-state index is 13.5. The molecule has 1 N–H and O–H groups in total. The SMILES string of the molecule is CC(C)(C)c1ccc(OCCNC(=O)CSCc2ccccc2F)cc1. The summed E-state index contributed by atoms with van der Waals surface area (Å²) in [7, 11) is 0. The first kappa shape index (κ1) is 20.3. The van der Waals surface area contributed by atoms with Crippen LogP contribution < -0.4 is 10.1 Å². The number of benzene rings is 2. The first-order valence-electron chi connectivity index (χ1n) is 8.67. The van der Waals surface area contributed by atoms with Gasteiger partial charge < -0.3 is 10.1 Å². The quantitative estimate of drug-likeness (QED) is 0.688. The molecule has 26 heavy (non-hydrogen) atoms. The number of amides is 1. The van der Waals surface area contributed by atoms with E-state index in [0.717, 1.165) is 5.75 Å². The molecular weight excluding hydrogens is 349 g/mol. The Labute approximate surface area is 159 Å². The highest BCUT2D eigenvalue weighted by molar-refractivity contribution is 7.99. The number of hydrogen-bond donors (Lipinski definition) is 1. The van der Waals surface area contributed by atoms with Crippen LogP contribution in [0.1, 0.15) is 31.9 Å². The standard InChI is InChI=1S/C21H26FNO2S/c1-21(2,3)17-8-10-18(11-9-17)25-13-12-23-20(24)15-26-14-16-6-4-5-7-19(16)22/h4-11H,12-15H2,1-3H3,(H,23,24). The topological polar surface area (TPSA) is 38.3 Å². The molecule has 0 radical (unpaired) electrons. The monoisotopic (exact) mass is 375 g/mol. The van der Waals surface area contributed by atoms with E-state index in [1.54, 1.807) is 18.2 Å². The lowest BCUT2D eigenvalue weighted by Gasteiger charge is -2.19. The third-order valence-corrected chi connectivity index (χ3v) is 4.84. The van der Waals surface area contributed by atoms with Gasteiger partial charge >= 0.3 is 0 Å². The van der Waals surface area contributed by atoms with Crippen molar-refractivity contribution in [3.05, 3.63) is 65.5 Å². The zero-order valence-corrected chi connectivity index (χ0v) is 16.4. The van der Waals surface area contributed by atoms with Crippen LogP contribution >= 0.6 is 11.8 Å². The minimum atomic E-state index is -0.230. The molecular formula is C21H26FNO2S. The summed E-state index contributed by atoms with van der Waals surface area (Å²) in [5.74, 6) is 1.27. The van der Waals surface area contributed by atoms with Gasteiger partial charge in [-0.1, -0.05) is 51.1 Å². The molecule has 0 atom stereocenters. The summed E-state index contributed by atoms with van der Waals surface area (Å²) in [6, 6.07) is 14.7. The van der Waals surface area contributed by atoms with Crippen molar-refractivity contribution in [2.45, 2.75) is 31.9 Å². The molecule has 2 rings (SSSR count). The molecule has 0 heterocycles. The predicted octanol–water partition coefficient (Wildman–Crippen LogP) is 4.55. The Hall–Kier alpha value is -2.01. The molecule has 0 fully saturated rings. The van der Waals surface area contributed by atoms with Crippen LogP contribution in [-0.4, -0.2) is 24.8 Å². The van der Waals surface area contributed by atoms with Crippen molar-refractivity contribution in [1.29, 1.82) is 0 Å². The molecule has 0 aliphatic carbocycles. The lowest BCUT2D eigenvalue weighted by atomic mass is 9.87. The largest absolute Gasteiger partial charge is 0.492 e. The summed E-state index contributed by atoms with van der Waals surface area (Å²) >= 11 is 1.39. The maximum atomic E-state index is 13.5. The maximum Gasteiger partial charge on any atom is 0.230 e. The third kappa shape index (κ3) is 6.71. The van der Waals surface area contributed by atoms with Crippen molar-refractivity contribution < 1.29 is 13.9 Å². The molecule has 0 bridgehead atoms. The average molecular weight is 376 g/mol. The Kier molecular flexibility index (Phi) is 7.51. The highest BCUT2D eigenvalue weighted by Crippen LogP contribution is 2.24. The smallest absolute Gasteiger partial charge is 0.230 e. The summed E-state index contributed by atoms with van der Waals surface area (Å²) < 4.78 is 19.1. The van der Waals surface area contributed by atoms with Crippen LogP contribution in [0.2, 0.25) is 0 Å². The molecule has 0 aliphatic heterocycles. The van der Waals surface area contributed by atoms with Crippen LogP contribution in [0.3, 0.4) is 0 Å². The van der Waals surface area contributed by atoms with Crippen molar-refractivity contribution in [3.8, 4) is 5.75 Å². The lowest BCUT2D eigenvalue weighted by Crippen LogP contribution is -2.29. The summed E-state index contributed by atoms with van der Waals surface area (Å²) in [5.41, 5.74) is 1.99. The second kappa shape index (κ2) is 9.62. The van der Waals surface area contributed by atoms with Gasteiger partial charge in [0.1, 0.15) is 18.2 Å². The van der Waals surface area contributed by atoms with Gasteiger partial charge in [-0.05, 0) is 34.7 Å². The molecule has 0 aliphatic rings. The fourth-order valence-electron chi connectivity index (χ4n) is 2.33. The van der Waals surface area contributed by atoms with E-state index >= 15 is 0 Å². The Bertz CT molecular complexity index is 711. The van der Waals surface area contributed by atoms with Gasteiger partial charge in [-0.15, -0.1) is 11.8 Å². The highest BCUT2D eigenvalue weighted by atomic mass is 32.2. The normalized spacial score (nSPS) is 11.2. The Morgan fingerprint density at radius 2 is 1.81 bits per heavy atom. The number of nitrogens with one attached hydrogen (secondary N) is 1. The highest BCUT2D eigenvalue weighted by Gasteiger charge is 2.12. The molecule has 1 amide bonds. The van der Waals surface area contributed by atoms with Crippen LogP contribution in [0.4, 0.5) is 4.39 Å². The van der Waals surface area contributed by atoms with Crippen molar-refractivity contribution in [2.75, 3.05) is 18.9 Å². The van der Waals surface area contributed by atoms with Gasteiger partial charge in [0, 0.05) is 5.75 Å². The summed E-state index contributed by atoms with van der Waals surface area (Å²) in [4.78, 5) is 11.8. The number of carbonyl (C=O) groups is 1. The Morgan fingerprint density at radius 1 is 1.12 bits per heavy atom. The van der Waals surface area contributed by atoms with Crippen molar-refractivity contribution in [2.24, 2.45) is 0 Å². The van der Waals surface area contributed by atoms with Gasteiger partial charge in [-0.25, -0.2) is 4.39 Å². The van der Waals surface area contributed by atoms with E-state index in [1.807, 2.05) is 12.1 Å². The molecule has 5 heteroatoms. The second-order valence-corrected chi connectivity index (χ2v) is 8.04. The van der Waals surface area contributed by atoms with Crippen LogP contribution in [0.25, 0.3) is 0 Å². The summed E-state index contributed by atoms with van der Waals surface area (Å²) in [6.07, 6.45) is 0. The van der Waals surface area contributed by atoms with Crippen molar-refractivity contribution in [3.63, 3.8) is 0 Å². The first-order valence-corrected chi connectivity index (χ1v) is 9.83. The van der Waals surface area contributed by atoms with Crippen LogP contribution in [0.15, 0.2) is 48.5 Å². The number of thioether (sulfide) groups is 1. The molecule has 2 aromatic carbocycles. The number of rotatable bonds is 8. The Balaban J connectivity index is 1.62. The van der Waals surface area contributed by atoms with Crippen molar-refractivity contribution >= 4 is 17.7 Å². The minimum Gasteiger partial charge on any atom is -0.492 e. The number of carbonyl (C=O) groups excluding carboxylic acids is 1. The Morgan fingerprint density at radius 3 is 2.46 bits per heavy atom. The van der Waals surface area contributed by atoms with Crippen LogP contribution in [0.5, 0.6) is 5.75 Å². The molecule has 0 unspecified atom stereocenters. The van der Waals surface area contributed by atoms with Gasteiger partial charge in [0.05, 0.1) is 12.3 Å². The zero-order valence-electron chi connectivity index (χ0n) is 15.5. The van der Waals surface area contributed by atoms with E-state index in [0.29, 0.717) is 30.2 Å². The van der Waals surface area contributed by atoms with Gasteiger partial charge in [0.25, 0.3) is 0 Å². The average Bonchev–Trinajstić information content (AvgIpc) is 2.60. The fourth-order valence-corrected chi connectivity index (χ4v) is 3.17. The first-order chi connectivity index (χ1) is 12.4. The fraction of sp³-hybridized carbons (Fsp3) is 0.381. The van der Waals surface area contributed by atoms with E-state index in [-0.39, 0.29) is 17.1 Å². The third-order valence-electron chi connectivity index (χ3n) is 3.86. The van der Waals surface area contributed by atoms with Crippen molar-refractivity contribution in [1.82, 2.24) is 5.32 Å². The molecule has 3 nitrogen and oxygen atoms in total. The summed E-state index contributed by atoms with van der Waals surface area (Å²) in [6.45, 7) is 7.37. The minimum absolute atomic E-state index is 0.0713. The number of ether oxygens (including phenoxy) is 1. The zero-order chi connectivity index (χ0) is 19.0. The van der Waals surface area contributed by atoms with Gasteiger partial charge in [0.2, 0.25) is 5.91 Å². The molecule has 0 saturated carbocycles. The molecule has 2 aromatic rings. The second-order valence-electron chi connectivity index (χ2n) is 7.06. The van der Waals surface area contributed by atoms with E-state index in [2.05, 4.69) is 38.2 Å². The lowest BCUT2D eigenvalue weighted by molar-refractivity contribution is -0.118. The van der Waals surface area contributed by atoms with Gasteiger partial charge in [0.15, 0.2) is 0 Å². The van der Waals surface area contributed by atoms with E-state index in [1.165, 1.54) is 23.4 Å². The van der Waals surface area contributed by atoms with Gasteiger partial charge in [-0.2, -0.15) is 0 Å². The molecule has 0 aromatic heterocycles. The molecule has 140 valence electrons. The van der Waals surface area contributed by atoms with E-state index in [9.17, 15) is 9.18 Å². The predicted molar refractivity (Wildman–Crippen MR) is 106 cm³/mol. The van der Waals surface area contributed by atoms with Crippen LogP contribution in [-0.2, 0) is 16.0 Å². The molecule has 0 spiro atoms. The summed E-state index contributed by atoms with van der Waals surface area (Å²) in [5, 5.41) is 2.81. The van der Waals surface area contributed by atoms with Gasteiger partial charge in [-0.3, -0.25) is 4.79 Å². The van der Waals surface area contributed by atoms with E-state index in [4.69, 9.17) is 4.74 Å². The van der Waals surface area contributed by atoms with Crippen LogP contribution in [0, 0.1) is 5.82 Å². The number of hydrogen-bond acceptors (Lipinski definition) is 3. The molecule has 0 saturated heterocycles. The number of halogens is 1.